The Balaban J connectivity index is 2.19. The zero-order valence-corrected chi connectivity index (χ0v) is 12.6. The molecule has 3 rings (SSSR count). The van der Waals surface area contributed by atoms with E-state index in [1.165, 1.54) is 19.1 Å². The summed E-state index contributed by atoms with van der Waals surface area (Å²) in [5, 5.41) is 4.99. The van der Waals surface area contributed by atoms with Crippen molar-refractivity contribution in [3.05, 3.63) is 52.9 Å². The number of hydrogen-bond donors (Lipinski definition) is 0. The SMILES string of the molecule is CC(=O)Oc1cc(Br)cc2c1cnn2-c1ccc(F)cc1. The molecule has 0 unspecified atom stereocenters. The van der Waals surface area contributed by atoms with Gasteiger partial charge in [0.25, 0.3) is 0 Å². The van der Waals surface area contributed by atoms with Crippen LogP contribution in [0.25, 0.3) is 16.6 Å². The van der Waals surface area contributed by atoms with E-state index < -0.39 is 5.97 Å². The van der Waals surface area contributed by atoms with E-state index in [0.717, 1.165) is 15.7 Å². The Morgan fingerprint density at radius 1 is 1.29 bits per heavy atom. The van der Waals surface area contributed by atoms with Crippen LogP contribution in [0.15, 0.2) is 47.1 Å². The fourth-order valence-corrected chi connectivity index (χ4v) is 2.51. The van der Waals surface area contributed by atoms with Crippen LogP contribution in [-0.4, -0.2) is 15.7 Å². The summed E-state index contributed by atoms with van der Waals surface area (Å²) in [5.74, 6) is -0.277. The molecule has 0 fully saturated rings. The van der Waals surface area contributed by atoms with Gasteiger partial charge in [-0.2, -0.15) is 5.10 Å². The van der Waals surface area contributed by atoms with Gasteiger partial charge in [-0.1, -0.05) is 15.9 Å². The van der Waals surface area contributed by atoms with Crippen molar-refractivity contribution in [2.24, 2.45) is 0 Å². The molecule has 6 heteroatoms. The molecule has 0 N–H and O–H groups in total. The molecule has 0 aliphatic heterocycles. The normalized spacial score (nSPS) is 10.8. The number of fused-ring (bicyclic) bond motifs is 1. The molecule has 3 aromatic rings. The third kappa shape index (κ3) is 2.67. The van der Waals surface area contributed by atoms with Gasteiger partial charge < -0.3 is 4.74 Å². The molecule has 21 heavy (non-hydrogen) atoms. The monoisotopic (exact) mass is 348 g/mol. The maximum Gasteiger partial charge on any atom is 0.308 e. The van der Waals surface area contributed by atoms with Crippen molar-refractivity contribution in [2.45, 2.75) is 6.92 Å². The smallest absolute Gasteiger partial charge is 0.308 e. The first-order valence-electron chi connectivity index (χ1n) is 6.16. The standard InChI is InChI=1S/C15H10BrFN2O2/c1-9(20)21-15-7-10(16)6-14-13(15)8-18-19(14)12-4-2-11(17)3-5-12/h2-8H,1H3. The van der Waals surface area contributed by atoms with Gasteiger partial charge in [-0.15, -0.1) is 0 Å². The minimum atomic E-state index is -0.399. The van der Waals surface area contributed by atoms with E-state index in [-0.39, 0.29) is 5.82 Å². The predicted molar refractivity (Wildman–Crippen MR) is 80.0 cm³/mol. The Labute approximate surface area is 128 Å². The van der Waals surface area contributed by atoms with Gasteiger partial charge in [0.15, 0.2) is 0 Å². The number of hydrogen-bond acceptors (Lipinski definition) is 3. The molecule has 0 spiro atoms. The van der Waals surface area contributed by atoms with Gasteiger partial charge in [0.1, 0.15) is 11.6 Å². The van der Waals surface area contributed by atoms with Crippen molar-refractivity contribution in [1.82, 2.24) is 9.78 Å². The van der Waals surface area contributed by atoms with Gasteiger partial charge in [0, 0.05) is 11.4 Å². The molecule has 0 aliphatic rings. The summed E-state index contributed by atoms with van der Waals surface area (Å²) in [4.78, 5) is 11.2. The third-order valence-electron chi connectivity index (χ3n) is 2.94. The summed E-state index contributed by atoms with van der Waals surface area (Å²) in [6, 6.07) is 9.57. The van der Waals surface area contributed by atoms with Crippen LogP contribution in [0.5, 0.6) is 5.75 Å². The second kappa shape index (κ2) is 5.29. The highest BCUT2D eigenvalue weighted by Gasteiger charge is 2.12. The zero-order chi connectivity index (χ0) is 15.0. The van der Waals surface area contributed by atoms with E-state index in [0.29, 0.717) is 11.1 Å². The van der Waals surface area contributed by atoms with E-state index in [1.54, 1.807) is 29.1 Å². The second-order valence-electron chi connectivity index (χ2n) is 4.46. The molecule has 2 aromatic carbocycles. The lowest BCUT2D eigenvalue weighted by Gasteiger charge is -2.06. The molecular formula is C15H10BrFN2O2. The van der Waals surface area contributed by atoms with Crippen molar-refractivity contribution >= 4 is 32.8 Å². The largest absolute Gasteiger partial charge is 0.426 e. The minimum Gasteiger partial charge on any atom is -0.426 e. The number of ether oxygens (including phenoxy) is 1. The van der Waals surface area contributed by atoms with Gasteiger partial charge in [-0.05, 0) is 36.4 Å². The lowest BCUT2D eigenvalue weighted by atomic mass is 10.2. The number of aromatic nitrogens is 2. The summed E-state index contributed by atoms with van der Waals surface area (Å²) < 4.78 is 20.6. The Kier molecular flexibility index (Phi) is 3.47. The summed E-state index contributed by atoms with van der Waals surface area (Å²) >= 11 is 3.38. The first-order chi connectivity index (χ1) is 10.0. The Bertz CT molecular complexity index is 828. The molecular weight excluding hydrogens is 339 g/mol. The first-order valence-corrected chi connectivity index (χ1v) is 6.95. The first kappa shape index (κ1) is 13.8. The van der Waals surface area contributed by atoms with Crippen LogP contribution in [0.4, 0.5) is 4.39 Å². The average molecular weight is 349 g/mol. The van der Waals surface area contributed by atoms with Gasteiger partial charge in [-0.3, -0.25) is 4.79 Å². The average Bonchev–Trinajstić information content (AvgIpc) is 2.83. The molecule has 0 bridgehead atoms. The van der Waals surface area contributed by atoms with Crippen molar-refractivity contribution in [3.63, 3.8) is 0 Å². The number of carbonyl (C=O) groups excluding carboxylic acids is 1. The number of nitrogens with zero attached hydrogens (tertiary/aromatic N) is 2. The van der Waals surface area contributed by atoms with Gasteiger partial charge >= 0.3 is 5.97 Å². The van der Waals surface area contributed by atoms with E-state index in [2.05, 4.69) is 21.0 Å². The highest BCUT2D eigenvalue weighted by Crippen LogP contribution is 2.31. The summed E-state index contributed by atoms with van der Waals surface area (Å²) in [7, 11) is 0. The maximum atomic E-state index is 13.0. The molecule has 0 amide bonds. The zero-order valence-electron chi connectivity index (χ0n) is 11.0. The number of halogens is 2. The fourth-order valence-electron chi connectivity index (χ4n) is 2.09. The quantitative estimate of drug-likeness (QED) is 0.521. The van der Waals surface area contributed by atoms with Crippen LogP contribution < -0.4 is 4.74 Å². The number of rotatable bonds is 2. The van der Waals surface area contributed by atoms with Crippen LogP contribution in [-0.2, 0) is 4.79 Å². The third-order valence-corrected chi connectivity index (χ3v) is 3.40. The van der Waals surface area contributed by atoms with E-state index in [1.807, 2.05) is 6.07 Å². The van der Waals surface area contributed by atoms with Gasteiger partial charge in [0.05, 0.1) is 22.8 Å². The molecule has 1 heterocycles. The number of carbonyl (C=O) groups is 1. The topological polar surface area (TPSA) is 44.1 Å². The molecule has 4 nitrogen and oxygen atoms in total. The van der Waals surface area contributed by atoms with Crippen LogP contribution in [0.2, 0.25) is 0 Å². The highest BCUT2D eigenvalue weighted by atomic mass is 79.9. The summed E-state index contributed by atoms with van der Waals surface area (Å²) in [6.45, 7) is 1.34. The van der Waals surface area contributed by atoms with E-state index >= 15 is 0 Å². The predicted octanol–water partition coefficient (Wildman–Crippen LogP) is 3.85. The van der Waals surface area contributed by atoms with Gasteiger partial charge in [-0.25, -0.2) is 9.07 Å². The van der Waals surface area contributed by atoms with Crippen LogP contribution in [0, 0.1) is 5.82 Å². The lowest BCUT2D eigenvalue weighted by molar-refractivity contribution is -0.131. The number of esters is 1. The molecule has 0 atom stereocenters. The second-order valence-corrected chi connectivity index (χ2v) is 5.38. The van der Waals surface area contributed by atoms with Crippen LogP contribution in [0.3, 0.4) is 0 Å². The maximum absolute atomic E-state index is 13.0. The summed E-state index contributed by atoms with van der Waals surface area (Å²) in [5.41, 5.74) is 1.48. The molecule has 0 saturated carbocycles. The molecule has 0 saturated heterocycles. The van der Waals surface area contributed by atoms with Crippen molar-refractivity contribution in [3.8, 4) is 11.4 Å². The Morgan fingerprint density at radius 3 is 2.67 bits per heavy atom. The van der Waals surface area contributed by atoms with E-state index in [9.17, 15) is 9.18 Å². The van der Waals surface area contributed by atoms with Crippen molar-refractivity contribution < 1.29 is 13.9 Å². The minimum absolute atomic E-state index is 0.308. The van der Waals surface area contributed by atoms with Gasteiger partial charge in [0.2, 0.25) is 0 Å². The molecule has 0 aliphatic carbocycles. The van der Waals surface area contributed by atoms with Crippen LogP contribution in [0.1, 0.15) is 6.92 Å². The fraction of sp³-hybridized carbons (Fsp3) is 0.0667. The van der Waals surface area contributed by atoms with E-state index in [4.69, 9.17) is 4.74 Å². The molecule has 106 valence electrons. The molecule has 1 aromatic heterocycles. The van der Waals surface area contributed by atoms with Crippen molar-refractivity contribution in [1.29, 1.82) is 0 Å². The highest BCUT2D eigenvalue weighted by molar-refractivity contribution is 9.10. The lowest BCUT2D eigenvalue weighted by Crippen LogP contribution is -2.02. The molecule has 0 radical (unpaired) electrons. The van der Waals surface area contributed by atoms with Crippen molar-refractivity contribution in [2.75, 3.05) is 0 Å². The summed E-state index contributed by atoms with van der Waals surface area (Å²) in [6.07, 6.45) is 1.61. The Morgan fingerprint density at radius 2 is 2.00 bits per heavy atom. The Hall–Kier alpha value is -2.21. The van der Waals surface area contributed by atoms with Crippen LogP contribution >= 0.6 is 15.9 Å². The number of benzene rings is 2.